The van der Waals surface area contributed by atoms with Crippen LogP contribution >= 0.6 is 0 Å². The first-order valence-electron chi connectivity index (χ1n) is 6.72. The van der Waals surface area contributed by atoms with E-state index < -0.39 is 10.0 Å². The lowest BCUT2D eigenvalue weighted by Crippen LogP contribution is -2.35. The van der Waals surface area contributed by atoms with Gasteiger partial charge in [0.05, 0.1) is 5.25 Å². The highest BCUT2D eigenvalue weighted by molar-refractivity contribution is 7.90. The molecule has 1 fully saturated rings. The van der Waals surface area contributed by atoms with E-state index in [4.69, 9.17) is 0 Å². The van der Waals surface area contributed by atoms with Crippen molar-refractivity contribution in [3.05, 3.63) is 18.2 Å². The number of hydrogen-bond donors (Lipinski definition) is 0. The van der Waals surface area contributed by atoms with E-state index in [1.807, 2.05) is 20.8 Å². The molecule has 1 saturated carbocycles. The van der Waals surface area contributed by atoms with Crippen LogP contribution in [-0.2, 0) is 10.0 Å². The zero-order chi connectivity index (χ0) is 13.3. The van der Waals surface area contributed by atoms with Crippen molar-refractivity contribution in [1.29, 1.82) is 0 Å². The van der Waals surface area contributed by atoms with Crippen molar-refractivity contribution in [2.75, 3.05) is 0 Å². The van der Waals surface area contributed by atoms with Crippen LogP contribution in [0.4, 0.5) is 0 Å². The quantitative estimate of drug-likeness (QED) is 0.848. The van der Waals surface area contributed by atoms with Crippen molar-refractivity contribution in [1.82, 2.24) is 8.96 Å². The first-order chi connectivity index (χ1) is 8.44. The second kappa shape index (κ2) is 5.03. The Morgan fingerprint density at radius 3 is 2.61 bits per heavy atom. The van der Waals surface area contributed by atoms with Crippen LogP contribution < -0.4 is 0 Å². The summed E-state index contributed by atoms with van der Waals surface area (Å²) in [6.45, 7) is 5.99. The van der Waals surface area contributed by atoms with Gasteiger partial charge in [-0.15, -0.1) is 0 Å². The molecule has 0 amide bonds. The molecule has 0 N–H and O–H groups in total. The highest BCUT2D eigenvalue weighted by Gasteiger charge is 2.35. The molecule has 102 valence electrons. The van der Waals surface area contributed by atoms with E-state index in [1.165, 1.54) is 3.97 Å². The summed E-state index contributed by atoms with van der Waals surface area (Å²) in [5.74, 6) is 1.01. The molecular weight excluding hydrogens is 248 g/mol. The minimum absolute atomic E-state index is 0.119. The van der Waals surface area contributed by atoms with Crippen molar-refractivity contribution in [2.45, 2.75) is 57.6 Å². The fourth-order valence-corrected chi connectivity index (χ4v) is 5.02. The molecule has 0 bridgehead atoms. The van der Waals surface area contributed by atoms with Crippen LogP contribution in [0.2, 0.25) is 0 Å². The number of hydrogen-bond acceptors (Lipinski definition) is 3. The van der Waals surface area contributed by atoms with Gasteiger partial charge in [0.2, 0.25) is 10.0 Å². The predicted octanol–water partition coefficient (Wildman–Crippen LogP) is 2.76. The third kappa shape index (κ3) is 2.32. The van der Waals surface area contributed by atoms with E-state index in [-0.39, 0.29) is 17.1 Å². The molecule has 1 aliphatic carbocycles. The maximum atomic E-state index is 12.7. The van der Waals surface area contributed by atoms with Crippen LogP contribution in [0.25, 0.3) is 0 Å². The molecule has 1 aromatic rings. The second-order valence-electron chi connectivity index (χ2n) is 5.58. The van der Waals surface area contributed by atoms with Crippen LogP contribution in [0.15, 0.2) is 12.4 Å². The van der Waals surface area contributed by atoms with Gasteiger partial charge in [0.25, 0.3) is 0 Å². The lowest BCUT2D eigenvalue weighted by Gasteiger charge is -2.29. The van der Waals surface area contributed by atoms with Gasteiger partial charge >= 0.3 is 0 Å². The number of nitrogens with zero attached hydrogens (tertiary/aromatic N) is 2. The minimum atomic E-state index is -3.29. The van der Waals surface area contributed by atoms with Crippen molar-refractivity contribution < 1.29 is 8.42 Å². The SMILES string of the molecule is CC(C)c1nccn1S(=O)(=O)C1CCCCC1C. The summed E-state index contributed by atoms with van der Waals surface area (Å²) >= 11 is 0. The Hall–Kier alpha value is -0.840. The molecule has 2 rings (SSSR count). The molecule has 1 aliphatic rings. The van der Waals surface area contributed by atoms with Crippen LogP contribution in [-0.4, -0.2) is 22.6 Å². The lowest BCUT2D eigenvalue weighted by molar-refractivity contribution is 0.378. The standard InChI is InChI=1S/C13H22N2O2S/c1-10(2)13-14-8-9-15(13)18(16,17)12-7-5-4-6-11(12)3/h8-12H,4-7H2,1-3H3. The smallest absolute Gasteiger partial charge is 0.240 e. The summed E-state index contributed by atoms with van der Waals surface area (Å²) in [5, 5.41) is -0.252. The highest BCUT2D eigenvalue weighted by atomic mass is 32.2. The van der Waals surface area contributed by atoms with Gasteiger partial charge in [-0.2, -0.15) is 0 Å². The second-order valence-corrected chi connectivity index (χ2v) is 7.61. The van der Waals surface area contributed by atoms with E-state index in [0.717, 1.165) is 25.7 Å². The third-order valence-electron chi connectivity index (χ3n) is 3.84. The van der Waals surface area contributed by atoms with Crippen molar-refractivity contribution in [2.24, 2.45) is 5.92 Å². The molecular formula is C13H22N2O2S. The molecule has 1 heterocycles. The Morgan fingerprint density at radius 2 is 2.00 bits per heavy atom. The Balaban J connectivity index is 2.38. The Bertz CT molecular complexity index is 505. The van der Waals surface area contributed by atoms with Crippen LogP contribution in [0, 0.1) is 5.92 Å². The summed E-state index contributed by atoms with van der Waals surface area (Å²) in [6, 6.07) is 0. The van der Waals surface area contributed by atoms with E-state index in [9.17, 15) is 8.42 Å². The number of aromatic nitrogens is 2. The first-order valence-corrected chi connectivity index (χ1v) is 8.22. The zero-order valence-electron chi connectivity index (χ0n) is 11.3. The Labute approximate surface area is 109 Å². The number of rotatable bonds is 3. The largest absolute Gasteiger partial charge is 0.243 e. The van der Waals surface area contributed by atoms with Crippen LogP contribution in [0.1, 0.15) is 58.2 Å². The van der Waals surface area contributed by atoms with Gasteiger partial charge in [0.15, 0.2) is 0 Å². The fraction of sp³-hybridized carbons (Fsp3) is 0.769. The van der Waals surface area contributed by atoms with Crippen molar-refractivity contribution in [3.63, 3.8) is 0 Å². The molecule has 0 saturated heterocycles. The monoisotopic (exact) mass is 270 g/mol. The van der Waals surface area contributed by atoms with Crippen molar-refractivity contribution in [3.8, 4) is 0 Å². The average Bonchev–Trinajstić information content (AvgIpc) is 2.78. The Morgan fingerprint density at radius 1 is 1.33 bits per heavy atom. The van der Waals surface area contributed by atoms with Gasteiger partial charge in [0, 0.05) is 18.3 Å². The molecule has 18 heavy (non-hydrogen) atoms. The fourth-order valence-electron chi connectivity index (χ4n) is 2.79. The van der Waals surface area contributed by atoms with E-state index in [2.05, 4.69) is 4.98 Å². The van der Waals surface area contributed by atoms with Crippen LogP contribution in [0.3, 0.4) is 0 Å². The van der Waals surface area contributed by atoms with E-state index >= 15 is 0 Å². The van der Waals surface area contributed by atoms with Crippen molar-refractivity contribution >= 4 is 10.0 Å². The van der Waals surface area contributed by atoms with Gasteiger partial charge in [0.1, 0.15) is 5.82 Å². The number of imidazole rings is 1. The summed E-state index contributed by atoms with van der Waals surface area (Å²) in [4.78, 5) is 4.19. The van der Waals surface area contributed by atoms with E-state index in [0.29, 0.717) is 5.82 Å². The summed E-state index contributed by atoms with van der Waals surface area (Å²) in [6.07, 6.45) is 7.12. The Kier molecular flexibility index (Phi) is 3.80. The molecule has 0 spiro atoms. The molecule has 2 atom stereocenters. The molecule has 0 aliphatic heterocycles. The summed E-state index contributed by atoms with van der Waals surface area (Å²) in [7, 11) is -3.29. The van der Waals surface area contributed by atoms with Crippen LogP contribution in [0.5, 0.6) is 0 Å². The van der Waals surface area contributed by atoms with Gasteiger partial charge in [-0.1, -0.05) is 33.6 Å². The van der Waals surface area contributed by atoms with Gasteiger partial charge in [-0.05, 0) is 18.8 Å². The van der Waals surface area contributed by atoms with Gasteiger partial charge in [-0.3, -0.25) is 0 Å². The molecule has 0 radical (unpaired) electrons. The predicted molar refractivity (Wildman–Crippen MR) is 72.1 cm³/mol. The maximum absolute atomic E-state index is 12.7. The summed E-state index contributed by atoms with van der Waals surface area (Å²) < 4.78 is 26.8. The molecule has 5 heteroatoms. The van der Waals surface area contributed by atoms with E-state index in [1.54, 1.807) is 12.4 Å². The molecule has 2 unspecified atom stereocenters. The third-order valence-corrected chi connectivity index (χ3v) is 6.16. The zero-order valence-corrected chi connectivity index (χ0v) is 12.2. The first kappa shape index (κ1) is 13.6. The summed E-state index contributed by atoms with van der Waals surface area (Å²) in [5.41, 5.74) is 0. The minimum Gasteiger partial charge on any atom is -0.240 e. The van der Waals surface area contributed by atoms with Gasteiger partial charge in [-0.25, -0.2) is 17.4 Å². The highest BCUT2D eigenvalue weighted by Crippen LogP contribution is 2.31. The molecule has 0 aromatic carbocycles. The maximum Gasteiger partial charge on any atom is 0.243 e. The molecule has 4 nitrogen and oxygen atoms in total. The lowest BCUT2D eigenvalue weighted by atomic mass is 9.90. The molecule has 1 aromatic heterocycles. The average molecular weight is 270 g/mol. The topological polar surface area (TPSA) is 52.0 Å². The normalized spacial score (nSPS) is 25.6. The van der Waals surface area contributed by atoms with Gasteiger partial charge < -0.3 is 0 Å².